The van der Waals surface area contributed by atoms with Gasteiger partial charge < -0.3 is 9.84 Å². The topological polar surface area (TPSA) is 29.5 Å². The molecule has 3 heteroatoms. The van der Waals surface area contributed by atoms with Crippen molar-refractivity contribution in [2.24, 2.45) is 0 Å². The molecule has 0 spiro atoms. The molecule has 0 atom stereocenters. The fraction of sp³-hybridized carbons (Fsp3) is 0.143. The molecule has 0 saturated heterocycles. The van der Waals surface area contributed by atoms with Gasteiger partial charge in [0, 0.05) is 9.79 Å². The van der Waals surface area contributed by atoms with Crippen LogP contribution in [0.15, 0.2) is 52.3 Å². The molecule has 2 rings (SSSR count). The average Bonchev–Trinajstić information content (AvgIpc) is 2.34. The number of methoxy groups -OCH3 is 1. The Morgan fingerprint density at radius 2 is 1.76 bits per heavy atom. The van der Waals surface area contributed by atoms with Crippen LogP contribution in [0.1, 0.15) is 5.56 Å². The fourth-order valence-corrected chi connectivity index (χ4v) is 2.39. The summed E-state index contributed by atoms with van der Waals surface area (Å²) in [6.07, 6.45) is 0. The van der Waals surface area contributed by atoms with Crippen molar-refractivity contribution in [3.63, 3.8) is 0 Å². The molecule has 2 aromatic carbocycles. The second-order valence-corrected chi connectivity index (χ2v) is 4.84. The zero-order valence-electron chi connectivity index (χ0n) is 9.81. The normalized spacial score (nSPS) is 10.2. The SMILES string of the molecule is COc1ccc(Sc2ccc(O)cc2)c(C)c1. The number of phenolic OH excluding ortho intramolecular Hbond substituents is 1. The number of aryl methyl sites for hydroxylation is 1. The molecule has 1 N–H and O–H groups in total. The van der Waals surface area contributed by atoms with E-state index in [0.717, 1.165) is 10.6 Å². The second-order valence-electron chi connectivity index (χ2n) is 3.73. The molecule has 0 unspecified atom stereocenters. The first-order valence-electron chi connectivity index (χ1n) is 5.30. The molecule has 0 aromatic heterocycles. The number of rotatable bonds is 3. The van der Waals surface area contributed by atoms with Crippen molar-refractivity contribution in [2.45, 2.75) is 16.7 Å². The van der Waals surface area contributed by atoms with Gasteiger partial charge in [-0.2, -0.15) is 0 Å². The van der Waals surface area contributed by atoms with Crippen LogP contribution in [0.25, 0.3) is 0 Å². The first-order chi connectivity index (χ1) is 8.19. The van der Waals surface area contributed by atoms with Crippen LogP contribution in [0.5, 0.6) is 11.5 Å². The van der Waals surface area contributed by atoms with Gasteiger partial charge in [-0.15, -0.1) is 0 Å². The highest BCUT2D eigenvalue weighted by Crippen LogP contribution is 2.32. The summed E-state index contributed by atoms with van der Waals surface area (Å²) in [5.41, 5.74) is 1.18. The van der Waals surface area contributed by atoms with Crippen molar-refractivity contribution in [2.75, 3.05) is 7.11 Å². The molecular weight excluding hydrogens is 232 g/mol. The molecule has 17 heavy (non-hydrogen) atoms. The van der Waals surface area contributed by atoms with E-state index in [2.05, 4.69) is 6.92 Å². The molecule has 0 aliphatic rings. The van der Waals surface area contributed by atoms with E-state index in [-0.39, 0.29) is 0 Å². The maximum atomic E-state index is 9.22. The Balaban J connectivity index is 2.21. The lowest BCUT2D eigenvalue weighted by Gasteiger charge is -2.07. The van der Waals surface area contributed by atoms with E-state index >= 15 is 0 Å². The van der Waals surface area contributed by atoms with Crippen LogP contribution >= 0.6 is 11.8 Å². The molecular formula is C14H14O2S. The van der Waals surface area contributed by atoms with Crippen LogP contribution in [-0.2, 0) is 0 Å². The Labute approximate surface area is 105 Å². The maximum Gasteiger partial charge on any atom is 0.119 e. The van der Waals surface area contributed by atoms with Crippen molar-refractivity contribution in [3.8, 4) is 11.5 Å². The second kappa shape index (κ2) is 5.15. The lowest BCUT2D eigenvalue weighted by atomic mass is 10.2. The molecule has 2 aromatic rings. The van der Waals surface area contributed by atoms with Gasteiger partial charge in [0.15, 0.2) is 0 Å². The third kappa shape index (κ3) is 2.94. The Morgan fingerprint density at radius 3 is 2.35 bits per heavy atom. The molecule has 0 amide bonds. The Hall–Kier alpha value is -1.61. The van der Waals surface area contributed by atoms with Gasteiger partial charge >= 0.3 is 0 Å². The molecule has 0 saturated carbocycles. The fourth-order valence-electron chi connectivity index (χ4n) is 1.50. The molecule has 0 aliphatic carbocycles. The van der Waals surface area contributed by atoms with Crippen molar-refractivity contribution < 1.29 is 9.84 Å². The summed E-state index contributed by atoms with van der Waals surface area (Å²) in [6, 6.07) is 13.2. The van der Waals surface area contributed by atoms with E-state index in [9.17, 15) is 5.11 Å². The standard InChI is InChI=1S/C14H14O2S/c1-10-9-12(16-2)5-8-14(10)17-13-6-3-11(15)4-7-13/h3-9,15H,1-2H3. The van der Waals surface area contributed by atoms with Crippen molar-refractivity contribution in [3.05, 3.63) is 48.0 Å². The summed E-state index contributed by atoms with van der Waals surface area (Å²) in [6.45, 7) is 2.06. The minimum Gasteiger partial charge on any atom is -0.508 e. The highest BCUT2D eigenvalue weighted by atomic mass is 32.2. The lowest BCUT2D eigenvalue weighted by molar-refractivity contribution is 0.414. The zero-order valence-corrected chi connectivity index (χ0v) is 10.6. The number of phenols is 1. The monoisotopic (exact) mass is 246 g/mol. The maximum absolute atomic E-state index is 9.22. The summed E-state index contributed by atoms with van der Waals surface area (Å²) < 4.78 is 5.17. The Morgan fingerprint density at radius 1 is 1.06 bits per heavy atom. The van der Waals surface area contributed by atoms with Crippen LogP contribution in [0.3, 0.4) is 0 Å². The van der Waals surface area contributed by atoms with E-state index in [0.29, 0.717) is 5.75 Å². The third-order valence-corrected chi connectivity index (χ3v) is 3.63. The summed E-state index contributed by atoms with van der Waals surface area (Å²) in [5.74, 6) is 1.17. The molecule has 2 nitrogen and oxygen atoms in total. The van der Waals surface area contributed by atoms with Crippen LogP contribution < -0.4 is 4.74 Å². The van der Waals surface area contributed by atoms with Crippen molar-refractivity contribution in [1.29, 1.82) is 0 Å². The van der Waals surface area contributed by atoms with Crippen molar-refractivity contribution >= 4 is 11.8 Å². The third-order valence-electron chi connectivity index (χ3n) is 2.45. The molecule has 0 radical (unpaired) electrons. The number of hydrogen-bond donors (Lipinski definition) is 1. The first kappa shape index (κ1) is 11.9. The zero-order chi connectivity index (χ0) is 12.3. The molecule has 0 bridgehead atoms. The van der Waals surface area contributed by atoms with Gasteiger partial charge in [-0.05, 0) is 55.0 Å². The average molecular weight is 246 g/mol. The van der Waals surface area contributed by atoms with Gasteiger partial charge in [-0.25, -0.2) is 0 Å². The predicted octanol–water partition coefficient (Wildman–Crippen LogP) is 3.86. The first-order valence-corrected chi connectivity index (χ1v) is 6.12. The van der Waals surface area contributed by atoms with Gasteiger partial charge in [0.1, 0.15) is 11.5 Å². The molecule has 0 aliphatic heterocycles. The Bertz CT molecular complexity index is 506. The van der Waals surface area contributed by atoms with E-state index in [4.69, 9.17) is 4.74 Å². The van der Waals surface area contributed by atoms with Crippen LogP contribution in [0.4, 0.5) is 0 Å². The van der Waals surface area contributed by atoms with Gasteiger partial charge in [0.25, 0.3) is 0 Å². The quantitative estimate of drug-likeness (QED) is 0.891. The Kier molecular flexibility index (Phi) is 3.59. The minimum atomic E-state index is 0.292. The van der Waals surface area contributed by atoms with Gasteiger partial charge in [0.05, 0.1) is 7.11 Å². The summed E-state index contributed by atoms with van der Waals surface area (Å²) in [4.78, 5) is 2.30. The van der Waals surface area contributed by atoms with E-state index in [1.165, 1.54) is 10.5 Å². The van der Waals surface area contributed by atoms with Gasteiger partial charge in [0.2, 0.25) is 0 Å². The summed E-state index contributed by atoms with van der Waals surface area (Å²) in [5, 5.41) is 9.22. The highest BCUT2D eigenvalue weighted by molar-refractivity contribution is 7.99. The largest absolute Gasteiger partial charge is 0.508 e. The predicted molar refractivity (Wildman–Crippen MR) is 70.0 cm³/mol. The van der Waals surface area contributed by atoms with Crippen LogP contribution in [-0.4, -0.2) is 12.2 Å². The lowest BCUT2D eigenvalue weighted by Crippen LogP contribution is -1.85. The number of hydrogen-bond acceptors (Lipinski definition) is 3. The minimum absolute atomic E-state index is 0.292. The molecule has 0 heterocycles. The number of ether oxygens (including phenoxy) is 1. The molecule has 88 valence electrons. The smallest absolute Gasteiger partial charge is 0.119 e. The summed E-state index contributed by atoms with van der Waals surface area (Å²) in [7, 11) is 1.67. The number of benzene rings is 2. The highest BCUT2D eigenvalue weighted by Gasteiger charge is 2.02. The van der Waals surface area contributed by atoms with E-state index in [1.54, 1.807) is 31.0 Å². The van der Waals surface area contributed by atoms with Gasteiger partial charge in [-0.1, -0.05) is 11.8 Å². The van der Waals surface area contributed by atoms with Crippen LogP contribution in [0.2, 0.25) is 0 Å². The van der Waals surface area contributed by atoms with Gasteiger partial charge in [-0.3, -0.25) is 0 Å². The number of aromatic hydroxyl groups is 1. The molecule has 0 fully saturated rings. The van der Waals surface area contributed by atoms with Crippen molar-refractivity contribution in [1.82, 2.24) is 0 Å². The van der Waals surface area contributed by atoms with Crippen LogP contribution in [0, 0.1) is 6.92 Å². The van der Waals surface area contributed by atoms with E-state index in [1.807, 2.05) is 30.3 Å². The summed E-state index contributed by atoms with van der Waals surface area (Å²) >= 11 is 1.68. The van der Waals surface area contributed by atoms with E-state index < -0.39 is 0 Å².